The smallest absolute Gasteiger partial charge is 0.328 e. The van der Waals surface area contributed by atoms with E-state index in [-0.39, 0.29) is 43.7 Å². The lowest BCUT2D eigenvalue weighted by Crippen LogP contribution is -3.00. The van der Waals surface area contributed by atoms with E-state index in [0.29, 0.717) is 17.7 Å². The van der Waals surface area contributed by atoms with Crippen molar-refractivity contribution >= 4 is 17.8 Å². The zero-order valence-corrected chi connectivity index (χ0v) is 28.9. The molecular weight excluding hydrogens is 552 g/mol. The summed E-state index contributed by atoms with van der Waals surface area (Å²) < 4.78 is 11.3. The Morgan fingerprint density at radius 3 is 1.38 bits per heavy atom. The number of carbonyl (C=O) groups is 3. The Balaban J connectivity index is 0. The summed E-state index contributed by atoms with van der Waals surface area (Å²) in [6, 6.07) is -0.831. The molecule has 42 heavy (non-hydrogen) atoms. The molecule has 0 rings (SSSR count). The van der Waals surface area contributed by atoms with E-state index in [4.69, 9.17) is 9.47 Å². The van der Waals surface area contributed by atoms with Crippen LogP contribution in [0.2, 0.25) is 0 Å². The molecule has 0 aliphatic carbocycles. The van der Waals surface area contributed by atoms with E-state index in [1.165, 1.54) is 96.3 Å². The number of hydrogen-bond acceptors (Lipinski definition) is 5. The van der Waals surface area contributed by atoms with Gasteiger partial charge in [-0.3, -0.25) is 9.59 Å². The van der Waals surface area contributed by atoms with Crippen LogP contribution >= 0.6 is 0 Å². The van der Waals surface area contributed by atoms with E-state index in [1.807, 2.05) is 21.1 Å². The van der Waals surface area contributed by atoms with Crippen molar-refractivity contribution in [3.63, 3.8) is 0 Å². The second kappa shape index (κ2) is 29.7. The fourth-order valence-electron chi connectivity index (χ4n) is 4.89. The van der Waals surface area contributed by atoms with Crippen molar-refractivity contribution in [3.8, 4) is 0 Å². The lowest BCUT2D eigenvalue weighted by Gasteiger charge is -2.24. The number of amides is 1. The van der Waals surface area contributed by atoms with Gasteiger partial charge in [-0.15, -0.1) is 0 Å². The number of likely N-dealkylation sites (N-methyl/N-ethyl adjacent to an activating group) is 1. The first-order valence-electron chi connectivity index (χ1n) is 17.1. The lowest BCUT2D eigenvalue weighted by atomic mass is 10.1. The van der Waals surface area contributed by atoms with Gasteiger partial charge in [0.2, 0.25) is 0 Å². The van der Waals surface area contributed by atoms with E-state index in [1.54, 1.807) is 0 Å². The Hall–Kier alpha value is -1.34. The molecule has 0 bridgehead atoms. The molecule has 0 fully saturated rings. The van der Waals surface area contributed by atoms with Gasteiger partial charge in [0.05, 0.1) is 34.4 Å². The van der Waals surface area contributed by atoms with Crippen LogP contribution in [0.15, 0.2) is 0 Å². The van der Waals surface area contributed by atoms with Crippen molar-refractivity contribution in [1.29, 1.82) is 0 Å². The molecule has 0 aromatic rings. The Bertz CT molecular complexity index is 654. The first kappa shape index (κ1) is 42.8. The number of unbranched alkanes of at least 4 members (excludes halogenated alkanes) is 18. The highest BCUT2D eigenvalue weighted by Crippen LogP contribution is 2.12. The fourth-order valence-corrected chi connectivity index (χ4v) is 4.89. The maximum atomic E-state index is 12.8. The highest BCUT2D eigenvalue weighted by Gasteiger charge is 2.26. The zero-order chi connectivity index (χ0) is 30.6. The quantitative estimate of drug-likeness (QED) is 0.0733. The number of nitrogens with zero attached hydrogens (tertiary/aromatic N) is 1. The molecule has 250 valence electrons. The number of carbonyl (C=O) groups excluding carboxylic acids is 3. The number of ether oxygens (including phenoxy) is 2. The van der Waals surface area contributed by atoms with E-state index in [0.717, 1.165) is 32.1 Å². The van der Waals surface area contributed by atoms with Crippen molar-refractivity contribution in [1.82, 2.24) is 5.32 Å². The standard InChI is InChI=1S/C34H66N2O5.ClH/c1-6-8-10-12-14-16-18-20-22-24-28-40-33(38)27-26-31(35-32(37)30-36(3,4)5)34(39)41-29-25-23-21-19-17-15-13-11-9-7-2;/h31H,6-30H2,1-5H3;1H/t31-;/m1./s1. The van der Waals surface area contributed by atoms with Crippen molar-refractivity contribution in [2.24, 2.45) is 0 Å². The van der Waals surface area contributed by atoms with Crippen LogP contribution in [0.5, 0.6) is 0 Å². The minimum atomic E-state index is -0.831. The van der Waals surface area contributed by atoms with Crippen molar-refractivity contribution in [2.45, 2.75) is 161 Å². The minimum Gasteiger partial charge on any atom is -1.00 e. The van der Waals surface area contributed by atoms with E-state index < -0.39 is 12.0 Å². The summed E-state index contributed by atoms with van der Waals surface area (Å²) in [5.74, 6) is -1.01. The van der Waals surface area contributed by atoms with Crippen LogP contribution in [0.4, 0.5) is 0 Å². The molecule has 0 aromatic heterocycles. The fraction of sp³-hybridized carbons (Fsp3) is 0.912. The maximum absolute atomic E-state index is 12.8. The van der Waals surface area contributed by atoms with Crippen LogP contribution in [-0.2, 0) is 23.9 Å². The molecule has 0 spiro atoms. The summed E-state index contributed by atoms with van der Waals surface area (Å²) in [7, 11) is 5.76. The minimum absolute atomic E-state index is 0. The van der Waals surface area contributed by atoms with Crippen LogP contribution in [0.3, 0.4) is 0 Å². The third-order valence-corrected chi connectivity index (χ3v) is 7.38. The molecule has 1 amide bonds. The Kier molecular flexibility index (Phi) is 30.3. The molecule has 0 radical (unpaired) electrons. The molecular formula is C34H67ClN2O5. The second-order valence-corrected chi connectivity index (χ2v) is 12.9. The number of rotatable bonds is 29. The van der Waals surface area contributed by atoms with Gasteiger partial charge in [-0.2, -0.15) is 0 Å². The molecule has 1 N–H and O–H groups in total. The molecule has 7 nitrogen and oxygen atoms in total. The average molecular weight is 619 g/mol. The number of halogens is 1. The summed E-state index contributed by atoms with van der Waals surface area (Å²) in [5.41, 5.74) is 0. The Morgan fingerprint density at radius 2 is 0.976 bits per heavy atom. The van der Waals surface area contributed by atoms with Crippen LogP contribution in [0.25, 0.3) is 0 Å². The predicted molar refractivity (Wildman–Crippen MR) is 170 cm³/mol. The first-order valence-corrected chi connectivity index (χ1v) is 17.1. The molecule has 0 saturated heterocycles. The topological polar surface area (TPSA) is 81.7 Å². The molecule has 0 aromatic carbocycles. The average Bonchev–Trinajstić information content (AvgIpc) is 2.91. The highest BCUT2D eigenvalue weighted by atomic mass is 35.5. The van der Waals surface area contributed by atoms with Gasteiger partial charge in [0.1, 0.15) is 6.04 Å². The zero-order valence-electron chi connectivity index (χ0n) is 28.1. The van der Waals surface area contributed by atoms with Crippen molar-refractivity contribution in [2.75, 3.05) is 40.9 Å². The molecule has 0 heterocycles. The van der Waals surface area contributed by atoms with Gasteiger partial charge >= 0.3 is 11.9 Å². The van der Waals surface area contributed by atoms with Gasteiger partial charge in [0.25, 0.3) is 5.91 Å². The van der Waals surface area contributed by atoms with Gasteiger partial charge in [-0.25, -0.2) is 4.79 Å². The summed E-state index contributed by atoms with van der Waals surface area (Å²) >= 11 is 0. The van der Waals surface area contributed by atoms with Gasteiger partial charge in [-0.05, 0) is 19.3 Å². The molecule has 0 unspecified atom stereocenters. The predicted octanol–water partition coefficient (Wildman–Crippen LogP) is 4.89. The van der Waals surface area contributed by atoms with E-state index >= 15 is 0 Å². The molecule has 0 aliphatic rings. The summed E-state index contributed by atoms with van der Waals surface area (Å²) in [5, 5.41) is 2.79. The Morgan fingerprint density at radius 1 is 0.595 bits per heavy atom. The van der Waals surface area contributed by atoms with Crippen molar-refractivity contribution in [3.05, 3.63) is 0 Å². The highest BCUT2D eigenvalue weighted by molar-refractivity contribution is 5.85. The van der Waals surface area contributed by atoms with Gasteiger partial charge < -0.3 is 31.7 Å². The van der Waals surface area contributed by atoms with Crippen LogP contribution < -0.4 is 17.7 Å². The number of hydrogen-bond donors (Lipinski definition) is 1. The molecule has 8 heteroatoms. The first-order chi connectivity index (χ1) is 19.7. The number of nitrogens with one attached hydrogen (secondary N) is 1. The summed E-state index contributed by atoms with van der Waals surface area (Å²) in [6.07, 6.45) is 24.7. The largest absolute Gasteiger partial charge is 1.00 e. The number of quaternary nitrogens is 1. The van der Waals surface area contributed by atoms with Crippen LogP contribution in [-0.4, -0.2) is 69.3 Å². The van der Waals surface area contributed by atoms with Crippen LogP contribution in [0, 0.1) is 0 Å². The molecule has 0 saturated carbocycles. The third kappa shape index (κ3) is 30.1. The van der Waals surface area contributed by atoms with E-state index in [9.17, 15) is 14.4 Å². The van der Waals surface area contributed by atoms with Gasteiger partial charge in [0.15, 0.2) is 6.54 Å². The van der Waals surface area contributed by atoms with Crippen LogP contribution in [0.1, 0.15) is 155 Å². The molecule has 0 aliphatic heterocycles. The molecule has 1 atom stereocenters. The van der Waals surface area contributed by atoms with E-state index in [2.05, 4.69) is 19.2 Å². The lowest BCUT2D eigenvalue weighted by molar-refractivity contribution is -0.862. The SMILES string of the molecule is CCCCCCCCCCCCOC(=O)CC[C@@H](NC(=O)C[N+](C)(C)C)C(=O)OCCCCCCCCCCCC.[Cl-]. The number of esters is 2. The van der Waals surface area contributed by atoms with Crippen molar-refractivity contribution < 1.29 is 40.7 Å². The summed E-state index contributed by atoms with van der Waals surface area (Å²) in [4.78, 5) is 37.6. The monoisotopic (exact) mass is 618 g/mol. The normalized spacial score (nSPS) is 11.9. The third-order valence-electron chi connectivity index (χ3n) is 7.38. The summed E-state index contributed by atoms with van der Waals surface area (Å²) in [6.45, 7) is 5.48. The van der Waals surface area contributed by atoms with Gasteiger partial charge in [-0.1, -0.05) is 129 Å². The Labute approximate surface area is 265 Å². The van der Waals surface area contributed by atoms with Gasteiger partial charge in [0, 0.05) is 6.42 Å². The maximum Gasteiger partial charge on any atom is 0.328 e. The second-order valence-electron chi connectivity index (χ2n) is 12.9.